The number of hydrogen-bond donors (Lipinski definition) is 5. The molecule has 0 aromatic heterocycles. The van der Waals surface area contributed by atoms with E-state index in [1.54, 1.807) is 0 Å². The van der Waals surface area contributed by atoms with Gasteiger partial charge in [0.15, 0.2) is 17.9 Å². The molecule has 2 aliphatic rings. The van der Waals surface area contributed by atoms with E-state index in [1.165, 1.54) is 6.92 Å². The van der Waals surface area contributed by atoms with E-state index in [0.29, 0.717) is 0 Å². The number of carbonyl (C=O) groups excluding carboxylic acids is 2. The number of nitrogens with one attached hydrogen (secondary N) is 1. The summed E-state index contributed by atoms with van der Waals surface area (Å²) in [5, 5.41) is 41.7. The van der Waals surface area contributed by atoms with Crippen molar-refractivity contribution < 1.29 is 34.8 Å². The Morgan fingerprint density at radius 3 is 2.21 bits per heavy atom. The molecule has 5 atom stereocenters. The Labute approximate surface area is 140 Å². The minimum Gasteiger partial charge on any atom is -0.394 e. The molecule has 1 unspecified atom stereocenters. The molecule has 0 aromatic carbocycles. The first-order valence-corrected chi connectivity index (χ1v) is 7.91. The first kappa shape index (κ1) is 19.0. The fourth-order valence-corrected chi connectivity index (χ4v) is 3.26. The average molecular weight is 343 g/mol. The van der Waals surface area contributed by atoms with Crippen LogP contribution in [0.4, 0.5) is 0 Å². The quantitative estimate of drug-likeness (QED) is 0.312. The predicted octanol–water partition coefficient (Wildman–Crippen LogP) is -1.39. The van der Waals surface area contributed by atoms with Gasteiger partial charge in [0.1, 0.15) is 24.4 Å². The smallest absolute Gasteiger partial charge is 0.178 e. The van der Waals surface area contributed by atoms with Gasteiger partial charge in [-0.25, -0.2) is 0 Å². The molecule has 0 radical (unpaired) electrons. The molecule has 1 aliphatic carbocycles. The van der Waals surface area contributed by atoms with Crippen molar-refractivity contribution in [3.63, 3.8) is 0 Å². The van der Waals surface area contributed by atoms with Crippen LogP contribution >= 0.6 is 0 Å². The van der Waals surface area contributed by atoms with Crippen molar-refractivity contribution in [3.05, 3.63) is 11.3 Å². The summed E-state index contributed by atoms with van der Waals surface area (Å²) in [6.45, 7) is 4.63. The molecule has 8 heteroatoms. The molecule has 1 saturated carbocycles. The highest BCUT2D eigenvalue weighted by molar-refractivity contribution is 6.22. The highest BCUT2D eigenvalue weighted by Crippen LogP contribution is 2.34. The van der Waals surface area contributed by atoms with Gasteiger partial charge in [-0.2, -0.15) is 0 Å². The summed E-state index contributed by atoms with van der Waals surface area (Å²) in [7, 11) is 0. The van der Waals surface area contributed by atoms with Crippen molar-refractivity contribution in [2.24, 2.45) is 5.41 Å². The monoisotopic (exact) mass is 343 g/mol. The van der Waals surface area contributed by atoms with Crippen LogP contribution < -0.4 is 5.32 Å². The van der Waals surface area contributed by atoms with Gasteiger partial charge < -0.3 is 30.5 Å². The van der Waals surface area contributed by atoms with Gasteiger partial charge in [-0.05, 0) is 12.3 Å². The fourth-order valence-electron chi connectivity index (χ4n) is 3.26. The van der Waals surface area contributed by atoms with E-state index in [1.807, 2.05) is 13.8 Å². The lowest BCUT2D eigenvalue weighted by molar-refractivity contribution is -0.253. The number of rotatable bonds is 3. The largest absolute Gasteiger partial charge is 0.394 e. The third-order valence-electron chi connectivity index (χ3n) is 4.49. The van der Waals surface area contributed by atoms with Crippen LogP contribution in [0.5, 0.6) is 0 Å². The maximum absolute atomic E-state index is 12.3. The lowest BCUT2D eigenvalue weighted by Crippen LogP contribution is -2.63. The molecular formula is C16H25NO7. The molecule has 136 valence electrons. The van der Waals surface area contributed by atoms with E-state index in [9.17, 15) is 24.9 Å². The first-order chi connectivity index (χ1) is 11.1. The standard InChI is InChI=1S/C16H25NO7/c1-7(11-8(19)4-16(2,3)5-9(11)20)17-12-14(22)13(21)10(6-18)24-15(12)23/h10,12-15,17-18,21-23H,4-6H2,1-3H3/t10-,12-,13-,14-,15?/m1/s1. The van der Waals surface area contributed by atoms with Gasteiger partial charge in [-0.1, -0.05) is 13.8 Å². The molecule has 2 rings (SSSR count). The van der Waals surface area contributed by atoms with Gasteiger partial charge >= 0.3 is 0 Å². The summed E-state index contributed by atoms with van der Waals surface area (Å²) in [6.07, 6.45) is -5.01. The van der Waals surface area contributed by atoms with Crippen molar-refractivity contribution >= 4 is 11.6 Å². The Morgan fingerprint density at radius 1 is 1.17 bits per heavy atom. The van der Waals surface area contributed by atoms with Gasteiger partial charge in [-0.3, -0.25) is 9.59 Å². The molecule has 0 aromatic rings. The van der Waals surface area contributed by atoms with E-state index in [-0.39, 0.29) is 35.7 Å². The summed E-state index contributed by atoms with van der Waals surface area (Å²) in [5.74, 6) is -0.591. The van der Waals surface area contributed by atoms with Crippen LogP contribution in [-0.4, -0.2) is 69.2 Å². The normalized spacial score (nSPS) is 36.6. The van der Waals surface area contributed by atoms with Crippen LogP contribution in [0, 0.1) is 5.41 Å². The van der Waals surface area contributed by atoms with E-state index < -0.39 is 42.7 Å². The Hall–Kier alpha value is -1.32. The summed E-state index contributed by atoms with van der Waals surface area (Å²) in [5.41, 5.74) is -0.149. The van der Waals surface area contributed by atoms with Crippen LogP contribution in [-0.2, 0) is 14.3 Å². The highest BCUT2D eigenvalue weighted by Gasteiger charge is 2.44. The number of ketones is 2. The minimum absolute atomic E-state index is 0.0208. The topological polar surface area (TPSA) is 136 Å². The molecule has 1 aliphatic heterocycles. The van der Waals surface area contributed by atoms with Crippen molar-refractivity contribution in [1.82, 2.24) is 5.32 Å². The number of allylic oxidation sites excluding steroid dienone is 2. The van der Waals surface area contributed by atoms with E-state index in [2.05, 4.69) is 5.32 Å². The number of aliphatic hydroxyl groups excluding tert-OH is 4. The van der Waals surface area contributed by atoms with Gasteiger partial charge in [0.2, 0.25) is 0 Å². The molecule has 24 heavy (non-hydrogen) atoms. The van der Waals surface area contributed by atoms with E-state index >= 15 is 0 Å². The number of Topliss-reactive ketones (excluding diaryl/α,β-unsaturated/α-hetero) is 2. The third kappa shape index (κ3) is 3.68. The zero-order valence-corrected chi connectivity index (χ0v) is 14.0. The molecule has 8 nitrogen and oxygen atoms in total. The number of hydrogen-bond acceptors (Lipinski definition) is 8. The Balaban J connectivity index is 2.20. The van der Waals surface area contributed by atoms with Crippen LogP contribution in [0.15, 0.2) is 11.3 Å². The summed E-state index contributed by atoms with van der Waals surface area (Å²) >= 11 is 0. The molecule has 1 heterocycles. The second-order valence-electron chi connectivity index (χ2n) is 7.26. The Bertz CT molecular complexity index is 535. The summed E-state index contributed by atoms with van der Waals surface area (Å²) < 4.78 is 5.05. The Kier molecular flexibility index (Phi) is 5.46. The SMILES string of the molecule is CC(N[C@H]1C(O)O[C@H](CO)[C@@H](O)[C@@H]1O)=C1C(=O)CC(C)(C)CC1=O. The van der Waals surface area contributed by atoms with Crippen molar-refractivity contribution in [3.8, 4) is 0 Å². The van der Waals surface area contributed by atoms with Crippen LogP contribution in [0.2, 0.25) is 0 Å². The van der Waals surface area contributed by atoms with Crippen molar-refractivity contribution in [2.45, 2.75) is 64.3 Å². The zero-order chi connectivity index (χ0) is 18.2. The summed E-state index contributed by atoms with van der Waals surface area (Å²) in [6, 6.07) is -1.13. The second kappa shape index (κ2) is 6.89. The van der Waals surface area contributed by atoms with E-state index in [0.717, 1.165) is 0 Å². The van der Waals surface area contributed by atoms with Gasteiger partial charge in [-0.15, -0.1) is 0 Å². The van der Waals surface area contributed by atoms with Gasteiger partial charge in [0, 0.05) is 18.5 Å². The molecule has 0 spiro atoms. The molecule has 0 bridgehead atoms. The number of carbonyl (C=O) groups is 2. The molecular weight excluding hydrogens is 318 g/mol. The predicted molar refractivity (Wildman–Crippen MR) is 82.6 cm³/mol. The van der Waals surface area contributed by atoms with E-state index in [4.69, 9.17) is 9.84 Å². The third-order valence-corrected chi connectivity index (χ3v) is 4.49. The van der Waals surface area contributed by atoms with Crippen LogP contribution in [0.3, 0.4) is 0 Å². The molecule has 2 fully saturated rings. The lowest BCUT2D eigenvalue weighted by Gasteiger charge is -2.41. The lowest BCUT2D eigenvalue weighted by atomic mass is 9.73. The van der Waals surface area contributed by atoms with Crippen LogP contribution in [0.1, 0.15) is 33.6 Å². The van der Waals surface area contributed by atoms with Gasteiger partial charge in [0.25, 0.3) is 0 Å². The van der Waals surface area contributed by atoms with Crippen molar-refractivity contribution in [2.75, 3.05) is 6.61 Å². The Morgan fingerprint density at radius 2 is 1.71 bits per heavy atom. The van der Waals surface area contributed by atoms with Crippen molar-refractivity contribution in [1.29, 1.82) is 0 Å². The maximum Gasteiger partial charge on any atom is 0.178 e. The average Bonchev–Trinajstić information content (AvgIpc) is 2.45. The fraction of sp³-hybridized carbons (Fsp3) is 0.750. The highest BCUT2D eigenvalue weighted by atomic mass is 16.6. The minimum atomic E-state index is -1.51. The first-order valence-electron chi connectivity index (χ1n) is 7.91. The van der Waals surface area contributed by atoms with Gasteiger partial charge in [0.05, 0.1) is 12.2 Å². The molecule has 5 N–H and O–H groups in total. The second-order valence-corrected chi connectivity index (χ2v) is 7.26. The zero-order valence-electron chi connectivity index (χ0n) is 14.0. The number of aliphatic hydroxyl groups is 4. The molecule has 1 saturated heterocycles. The molecule has 0 amide bonds. The van der Waals surface area contributed by atoms with Crippen LogP contribution in [0.25, 0.3) is 0 Å². The number of ether oxygens (including phenoxy) is 1. The maximum atomic E-state index is 12.3. The summed E-state index contributed by atoms with van der Waals surface area (Å²) in [4.78, 5) is 24.5.